The van der Waals surface area contributed by atoms with Crippen LogP contribution in [-0.2, 0) is 14.8 Å². The summed E-state index contributed by atoms with van der Waals surface area (Å²) in [6.07, 6.45) is 3.01. The zero-order valence-corrected chi connectivity index (χ0v) is 11.9. The Morgan fingerprint density at radius 2 is 1.95 bits per heavy atom. The maximum atomic E-state index is 12.1. The lowest BCUT2D eigenvalue weighted by molar-refractivity contribution is 0.173. The molecule has 0 saturated heterocycles. The predicted octanol–water partition coefficient (Wildman–Crippen LogP) is 1.36. The molecule has 0 radical (unpaired) electrons. The first-order valence-corrected chi connectivity index (χ1v) is 7.80. The first-order chi connectivity index (χ1) is 8.97. The van der Waals surface area contributed by atoms with E-state index in [9.17, 15) is 8.42 Å². The number of hydrogen-bond acceptors (Lipinski definition) is 4. The molecule has 19 heavy (non-hydrogen) atoms. The number of methoxy groups -OCH3 is 1. The summed E-state index contributed by atoms with van der Waals surface area (Å²) in [7, 11) is -1.78. The van der Waals surface area contributed by atoms with Crippen molar-refractivity contribution in [1.29, 1.82) is 0 Å². The lowest BCUT2D eigenvalue weighted by atomic mass is 10.0. The number of benzene rings is 1. The SMILES string of the molecule is COCCC1(CNS(=O)(=O)c2ccc(N)cc2)CC1. The van der Waals surface area contributed by atoms with Crippen LogP contribution in [0.5, 0.6) is 0 Å². The van der Waals surface area contributed by atoms with Crippen molar-refractivity contribution in [2.24, 2.45) is 5.41 Å². The second-order valence-corrected chi connectivity index (χ2v) is 6.90. The van der Waals surface area contributed by atoms with E-state index in [0.29, 0.717) is 18.8 Å². The summed E-state index contributed by atoms with van der Waals surface area (Å²) in [6.45, 7) is 1.15. The number of hydrogen-bond donors (Lipinski definition) is 2. The smallest absolute Gasteiger partial charge is 0.240 e. The predicted molar refractivity (Wildman–Crippen MR) is 74.2 cm³/mol. The highest BCUT2D eigenvalue weighted by molar-refractivity contribution is 7.89. The molecule has 0 amide bonds. The normalized spacial score (nSPS) is 17.3. The van der Waals surface area contributed by atoms with E-state index in [1.807, 2.05) is 0 Å². The molecule has 1 fully saturated rings. The van der Waals surface area contributed by atoms with Gasteiger partial charge in [-0.2, -0.15) is 0 Å². The van der Waals surface area contributed by atoms with Crippen LogP contribution < -0.4 is 10.5 Å². The van der Waals surface area contributed by atoms with Gasteiger partial charge >= 0.3 is 0 Å². The Kier molecular flexibility index (Phi) is 4.13. The van der Waals surface area contributed by atoms with Crippen LogP contribution in [0.15, 0.2) is 29.2 Å². The fourth-order valence-corrected chi connectivity index (χ4v) is 3.15. The van der Waals surface area contributed by atoms with Crippen LogP contribution in [0.25, 0.3) is 0 Å². The molecule has 6 heteroatoms. The van der Waals surface area contributed by atoms with E-state index in [2.05, 4.69) is 4.72 Å². The van der Waals surface area contributed by atoms with Gasteiger partial charge in [0.2, 0.25) is 10.0 Å². The first-order valence-electron chi connectivity index (χ1n) is 6.32. The van der Waals surface area contributed by atoms with E-state index in [0.717, 1.165) is 19.3 Å². The molecule has 0 heterocycles. The fourth-order valence-electron chi connectivity index (χ4n) is 1.99. The standard InChI is InChI=1S/C13H20N2O3S/c1-18-9-8-13(6-7-13)10-15-19(16,17)12-4-2-11(14)3-5-12/h2-5,15H,6-10,14H2,1H3. The van der Waals surface area contributed by atoms with E-state index < -0.39 is 10.0 Å². The molecule has 0 spiro atoms. The lowest BCUT2D eigenvalue weighted by Crippen LogP contribution is -2.30. The number of nitrogen functional groups attached to an aromatic ring is 1. The number of rotatable bonds is 7. The van der Waals surface area contributed by atoms with E-state index in [4.69, 9.17) is 10.5 Å². The fraction of sp³-hybridized carbons (Fsp3) is 0.538. The number of ether oxygens (including phenoxy) is 1. The van der Waals surface area contributed by atoms with Gasteiger partial charge in [0.1, 0.15) is 0 Å². The summed E-state index contributed by atoms with van der Waals surface area (Å²) < 4.78 is 32.0. The summed E-state index contributed by atoms with van der Waals surface area (Å²) in [4.78, 5) is 0.254. The number of nitrogens with one attached hydrogen (secondary N) is 1. The highest BCUT2D eigenvalue weighted by atomic mass is 32.2. The average molecular weight is 284 g/mol. The van der Waals surface area contributed by atoms with Crippen LogP contribution in [0.3, 0.4) is 0 Å². The van der Waals surface area contributed by atoms with Gasteiger partial charge in [-0.3, -0.25) is 0 Å². The Labute approximate surface area is 114 Å². The van der Waals surface area contributed by atoms with Crippen LogP contribution in [0.2, 0.25) is 0 Å². The molecule has 2 rings (SSSR count). The molecule has 1 aromatic rings. The van der Waals surface area contributed by atoms with Crippen molar-refractivity contribution in [3.8, 4) is 0 Å². The van der Waals surface area contributed by atoms with Gasteiger partial charge in [0, 0.05) is 25.9 Å². The molecule has 1 aliphatic carbocycles. The van der Waals surface area contributed by atoms with Crippen LogP contribution in [0.1, 0.15) is 19.3 Å². The topological polar surface area (TPSA) is 81.4 Å². The van der Waals surface area contributed by atoms with E-state index in [1.54, 1.807) is 19.2 Å². The largest absolute Gasteiger partial charge is 0.399 e. The minimum atomic E-state index is -3.44. The number of sulfonamides is 1. The Morgan fingerprint density at radius 1 is 1.32 bits per heavy atom. The van der Waals surface area contributed by atoms with Crippen molar-refractivity contribution in [3.63, 3.8) is 0 Å². The Morgan fingerprint density at radius 3 is 2.47 bits per heavy atom. The van der Waals surface area contributed by atoms with Crippen molar-refractivity contribution in [3.05, 3.63) is 24.3 Å². The highest BCUT2D eigenvalue weighted by Gasteiger charge is 2.42. The maximum Gasteiger partial charge on any atom is 0.240 e. The van der Waals surface area contributed by atoms with Gasteiger partial charge in [-0.1, -0.05) is 0 Å². The lowest BCUT2D eigenvalue weighted by Gasteiger charge is -2.15. The van der Waals surface area contributed by atoms with Crippen LogP contribution in [0.4, 0.5) is 5.69 Å². The zero-order chi connectivity index (χ0) is 13.9. The van der Waals surface area contributed by atoms with Crippen molar-refractivity contribution >= 4 is 15.7 Å². The average Bonchev–Trinajstić information content (AvgIpc) is 3.16. The van der Waals surface area contributed by atoms with Crippen molar-refractivity contribution in [2.75, 3.05) is 26.0 Å². The second kappa shape index (κ2) is 5.48. The summed E-state index contributed by atoms with van der Waals surface area (Å²) in [5.41, 5.74) is 6.20. The molecule has 0 bridgehead atoms. The summed E-state index contributed by atoms with van der Waals surface area (Å²) >= 11 is 0. The molecule has 0 unspecified atom stereocenters. The number of nitrogens with two attached hydrogens (primary N) is 1. The third-order valence-electron chi connectivity index (χ3n) is 3.62. The molecule has 1 saturated carbocycles. The van der Waals surface area contributed by atoms with Crippen molar-refractivity contribution in [1.82, 2.24) is 4.72 Å². The molecular formula is C13H20N2O3S. The minimum absolute atomic E-state index is 0.0941. The molecular weight excluding hydrogens is 264 g/mol. The van der Waals surface area contributed by atoms with Crippen LogP contribution in [0, 0.1) is 5.41 Å². The maximum absolute atomic E-state index is 12.1. The van der Waals surface area contributed by atoms with Gasteiger partial charge in [-0.25, -0.2) is 13.1 Å². The van der Waals surface area contributed by atoms with Gasteiger partial charge in [0.25, 0.3) is 0 Å². The van der Waals surface area contributed by atoms with Gasteiger partial charge < -0.3 is 10.5 Å². The molecule has 5 nitrogen and oxygen atoms in total. The first kappa shape index (κ1) is 14.3. The molecule has 106 valence electrons. The summed E-state index contributed by atoms with van der Waals surface area (Å²) in [5.74, 6) is 0. The molecule has 3 N–H and O–H groups in total. The minimum Gasteiger partial charge on any atom is -0.399 e. The highest BCUT2D eigenvalue weighted by Crippen LogP contribution is 2.48. The second-order valence-electron chi connectivity index (χ2n) is 5.14. The third-order valence-corrected chi connectivity index (χ3v) is 5.04. The Balaban J connectivity index is 1.96. The Bertz CT molecular complexity index is 521. The van der Waals surface area contributed by atoms with E-state index in [1.165, 1.54) is 12.1 Å². The Hall–Kier alpha value is -1.11. The van der Waals surface area contributed by atoms with Crippen molar-refractivity contribution < 1.29 is 13.2 Å². The van der Waals surface area contributed by atoms with Gasteiger partial charge in [0.05, 0.1) is 4.90 Å². The monoisotopic (exact) mass is 284 g/mol. The molecule has 0 aliphatic heterocycles. The van der Waals surface area contributed by atoms with E-state index >= 15 is 0 Å². The summed E-state index contributed by atoms with van der Waals surface area (Å²) in [6, 6.07) is 6.22. The molecule has 1 aromatic carbocycles. The van der Waals surface area contributed by atoms with Crippen molar-refractivity contribution in [2.45, 2.75) is 24.2 Å². The zero-order valence-electron chi connectivity index (χ0n) is 11.1. The molecule has 0 atom stereocenters. The van der Waals surface area contributed by atoms with Gasteiger partial charge in [-0.15, -0.1) is 0 Å². The van der Waals surface area contributed by atoms with Gasteiger partial charge in [-0.05, 0) is 48.9 Å². The molecule has 0 aromatic heterocycles. The summed E-state index contributed by atoms with van der Waals surface area (Å²) in [5, 5.41) is 0. The number of anilines is 1. The third kappa shape index (κ3) is 3.68. The van der Waals surface area contributed by atoms with Crippen LogP contribution in [-0.4, -0.2) is 28.7 Å². The molecule has 1 aliphatic rings. The van der Waals surface area contributed by atoms with Crippen LogP contribution >= 0.6 is 0 Å². The quantitative estimate of drug-likeness (QED) is 0.741. The van der Waals surface area contributed by atoms with Gasteiger partial charge in [0.15, 0.2) is 0 Å². The van der Waals surface area contributed by atoms with E-state index in [-0.39, 0.29) is 10.3 Å².